The fourth-order valence-corrected chi connectivity index (χ4v) is 5.40. The molecular weight excluding hydrogens is 312 g/mol. The quantitative estimate of drug-likeness (QED) is 0.912. The van der Waals surface area contributed by atoms with Gasteiger partial charge in [-0.3, -0.25) is 9.69 Å². The van der Waals surface area contributed by atoms with Crippen LogP contribution in [0.3, 0.4) is 0 Å². The van der Waals surface area contributed by atoms with E-state index < -0.39 is 0 Å². The topological polar surface area (TPSA) is 45.5 Å². The third-order valence-corrected chi connectivity index (χ3v) is 6.56. The minimum atomic E-state index is -0.0773. The maximum Gasteiger partial charge on any atom is 0.251 e. The second-order valence-corrected chi connectivity index (χ2v) is 7.89. The number of fused-ring (bicyclic) bond motifs is 5. The van der Waals surface area contributed by atoms with Gasteiger partial charge in [-0.1, -0.05) is 30.3 Å². The molecule has 3 aliphatic rings. The van der Waals surface area contributed by atoms with E-state index >= 15 is 0 Å². The van der Waals surface area contributed by atoms with Crippen LogP contribution in [0.2, 0.25) is 0 Å². The summed E-state index contributed by atoms with van der Waals surface area (Å²) in [6.07, 6.45) is 3.34. The molecule has 0 radical (unpaired) electrons. The maximum absolute atomic E-state index is 12.4. The molecule has 0 spiro atoms. The fraction of sp³-hybridized carbons (Fsp3) is 0.476. The summed E-state index contributed by atoms with van der Waals surface area (Å²) in [5.74, 6) is 0.763. The van der Waals surface area contributed by atoms with Crippen molar-refractivity contribution in [1.82, 2.24) is 9.47 Å². The molecular formula is C21H24N2O2. The molecule has 0 unspecified atom stereocenters. The van der Waals surface area contributed by atoms with Crippen LogP contribution in [0.1, 0.15) is 35.2 Å². The molecule has 1 aliphatic carbocycles. The largest absolute Gasteiger partial charge is 0.394 e. The van der Waals surface area contributed by atoms with Crippen molar-refractivity contribution >= 4 is 0 Å². The summed E-state index contributed by atoms with van der Waals surface area (Å²) in [6, 6.07) is 14.8. The van der Waals surface area contributed by atoms with Gasteiger partial charge in [0.2, 0.25) is 0 Å². The van der Waals surface area contributed by atoms with E-state index in [-0.39, 0.29) is 18.2 Å². The van der Waals surface area contributed by atoms with Crippen molar-refractivity contribution in [3.63, 3.8) is 0 Å². The van der Waals surface area contributed by atoms with Crippen molar-refractivity contribution in [2.24, 2.45) is 5.92 Å². The first-order chi connectivity index (χ1) is 12.2. The third kappa shape index (κ3) is 2.39. The SMILES string of the molecule is O=c1cccc2n1[C@@H](CO)[C@H]1C[C@@H]2CN(C2Cc3ccccc3C2)C1. The molecule has 3 heterocycles. The van der Waals surface area contributed by atoms with Crippen molar-refractivity contribution < 1.29 is 5.11 Å². The molecule has 2 aromatic rings. The maximum atomic E-state index is 12.4. The van der Waals surface area contributed by atoms with Gasteiger partial charge in [-0.15, -0.1) is 0 Å². The molecule has 1 N–H and O–H groups in total. The van der Waals surface area contributed by atoms with E-state index in [4.69, 9.17) is 0 Å². The number of pyridine rings is 1. The molecule has 1 saturated heterocycles. The Balaban J connectivity index is 1.46. The van der Waals surface area contributed by atoms with Crippen molar-refractivity contribution in [3.05, 3.63) is 69.6 Å². The number of piperidine rings is 1. The van der Waals surface area contributed by atoms with E-state index in [2.05, 4.69) is 35.2 Å². The number of nitrogens with zero attached hydrogens (tertiary/aromatic N) is 2. The summed E-state index contributed by atoms with van der Waals surface area (Å²) < 4.78 is 1.87. The number of rotatable bonds is 2. The van der Waals surface area contributed by atoms with Gasteiger partial charge in [-0.05, 0) is 42.4 Å². The van der Waals surface area contributed by atoms with E-state index in [1.165, 1.54) is 11.1 Å². The highest BCUT2D eigenvalue weighted by Crippen LogP contribution is 2.42. The number of hydrogen-bond donors (Lipinski definition) is 1. The fourth-order valence-electron chi connectivity index (χ4n) is 5.40. The van der Waals surface area contributed by atoms with Crippen LogP contribution in [-0.4, -0.2) is 40.3 Å². The van der Waals surface area contributed by atoms with Crippen LogP contribution in [-0.2, 0) is 12.8 Å². The Morgan fingerprint density at radius 1 is 1.00 bits per heavy atom. The van der Waals surface area contributed by atoms with Gasteiger partial charge in [0.15, 0.2) is 0 Å². The second kappa shape index (κ2) is 5.82. The smallest absolute Gasteiger partial charge is 0.251 e. The number of aliphatic hydroxyl groups is 1. The molecule has 2 aliphatic heterocycles. The standard InChI is InChI=1S/C21H24N2O2/c24-13-20-17-8-16(19-6-3-7-21(25)23(19)20)11-22(12-17)18-9-14-4-1-2-5-15(14)10-18/h1-7,16-18,20,24H,8-13H2/t16-,17+,20+/m1/s1. The van der Waals surface area contributed by atoms with Gasteiger partial charge in [-0.2, -0.15) is 0 Å². The summed E-state index contributed by atoms with van der Waals surface area (Å²) in [6.45, 7) is 2.06. The van der Waals surface area contributed by atoms with E-state index in [0.717, 1.165) is 38.0 Å². The van der Waals surface area contributed by atoms with Crippen LogP contribution in [0.25, 0.3) is 0 Å². The van der Waals surface area contributed by atoms with Gasteiger partial charge in [0.25, 0.3) is 5.56 Å². The van der Waals surface area contributed by atoms with E-state index in [1.807, 2.05) is 10.6 Å². The summed E-state index contributed by atoms with van der Waals surface area (Å²) in [5.41, 5.74) is 4.12. The zero-order valence-corrected chi connectivity index (χ0v) is 14.3. The highest BCUT2D eigenvalue weighted by atomic mass is 16.3. The molecule has 0 saturated carbocycles. The average molecular weight is 336 g/mol. The van der Waals surface area contributed by atoms with Crippen LogP contribution < -0.4 is 5.56 Å². The number of likely N-dealkylation sites (tertiary alicyclic amines) is 1. The number of aromatic nitrogens is 1. The molecule has 130 valence electrons. The molecule has 5 rings (SSSR count). The number of aliphatic hydroxyl groups excluding tert-OH is 1. The summed E-state index contributed by atoms with van der Waals surface area (Å²) in [4.78, 5) is 15.0. The molecule has 4 nitrogen and oxygen atoms in total. The van der Waals surface area contributed by atoms with Crippen LogP contribution >= 0.6 is 0 Å². The predicted molar refractivity (Wildman–Crippen MR) is 96.9 cm³/mol. The molecule has 25 heavy (non-hydrogen) atoms. The summed E-state index contributed by atoms with van der Waals surface area (Å²) in [5, 5.41) is 9.99. The molecule has 2 bridgehead atoms. The summed E-state index contributed by atoms with van der Waals surface area (Å²) >= 11 is 0. The lowest BCUT2D eigenvalue weighted by atomic mass is 9.78. The first-order valence-electron chi connectivity index (χ1n) is 9.37. The highest BCUT2D eigenvalue weighted by molar-refractivity contribution is 5.33. The lowest BCUT2D eigenvalue weighted by Crippen LogP contribution is -2.53. The Bertz CT molecular complexity index is 834. The van der Waals surface area contributed by atoms with Crippen LogP contribution in [0.15, 0.2) is 47.3 Å². The lowest BCUT2D eigenvalue weighted by molar-refractivity contribution is 0.0411. The van der Waals surface area contributed by atoms with Crippen LogP contribution in [0.5, 0.6) is 0 Å². The van der Waals surface area contributed by atoms with Crippen molar-refractivity contribution in [2.75, 3.05) is 19.7 Å². The third-order valence-electron chi connectivity index (χ3n) is 6.56. The molecule has 1 aromatic carbocycles. The van der Waals surface area contributed by atoms with Crippen LogP contribution in [0, 0.1) is 5.92 Å². The minimum Gasteiger partial charge on any atom is -0.394 e. The van der Waals surface area contributed by atoms with E-state index in [1.54, 1.807) is 6.07 Å². The molecule has 3 atom stereocenters. The zero-order valence-electron chi connectivity index (χ0n) is 14.3. The van der Waals surface area contributed by atoms with Crippen molar-refractivity contribution in [1.29, 1.82) is 0 Å². The Morgan fingerprint density at radius 3 is 2.48 bits per heavy atom. The van der Waals surface area contributed by atoms with Gasteiger partial charge >= 0.3 is 0 Å². The normalized spacial score (nSPS) is 28.6. The Morgan fingerprint density at radius 2 is 1.76 bits per heavy atom. The van der Waals surface area contributed by atoms with Gasteiger partial charge in [-0.25, -0.2) is 0 Å². The number of benzene rings is 1. The van der Waals surface area contributed by atoms with Gasteiger partial charge in [0, 0.05) is 36.8 Å². The van der Waals surface area contributed by atoms with Gasteiger partial charge in [0.05, 0.1) is 12.6 Å². The first-order valence-corrected chi connectivity index (χ1v) is 9.37. The average Bonchev–Trinajstić information content (AvgIpc) is 3.07. The Kier molecular flexibility index (Phi) is 3.57. The monoisotopic (exact) mass is 336 g/mol. The second-order valence-electron chi connectivity index (χ2n) is 7.89. The molecule has 1 fully saturated rings. The molecule has 4 heteroatoms. The first kappa shape index (κ1) is 15.4. The van der Waals surface area contributed by atoms with Gasteiger partial charge in [0.1, 0.15) is 0 Å². The predicted octanol–water partition coefficient (Wildman–Crippen LogP) is 1.97. The van der Waals surface area contributed by atoms with Gasteiger partial charge < -0.3 is 9.67 Å². The zero-order chi connectivity index (χ0) is 17.0. The lowest BCUT2D eigenvalue weighted by Gasteiger charge is -2.48. The highest BCUT2D eigenvalue weighted by Gasteiger charge is 2.42. The van der Waals surface area contributed by atoms with Crippen LogP contribution in [0.4, 0.5) is 0 Å². The van der Waals surface area contributed by atoms with E-state index in [0.29, 0.717) is 17.9 Å². The minimum absolute atomic E-state index is 0.0352. The Labute approximate surface area is 147 Å². The molecule has 0 amide bonds. The Hall–Kier alpha value is -1.91. The van der Waals surface area contributed by atoms with Crippen molar-refractivity contribution in [3.8, 4) is 0 Å². The summed E-state index contributed by atoms with van der Waals surface area (Å²) in [7, 11) is 0. The number of hydrogen-bond acceptors (Lipinski definition) is 3. The van der Waals surface area contributed by atoms with Crippen molar-refractivity contribution in [2.45, 2.75) is 37.3 Å². The van der Waals surface area contributed by atoms with E-state index in [9.17, 15) is 9.90 Å². The molecule has 1 aromatic heterocycles.